The summed E-state index contributed by atoms with van der Waals surface area (Å²) in [4.78, 5) is 14.0. The third-order valence-electron chi connectivity index (χ3n) is 2.66. The van der Waals surface area contributed by atoms with E-state index in [2.05, 4.69) is 0 Å². The Morgan fingerprint density at radius 1 is 1.41 bits per heavy atom. The van der Waals surface area contributed by atoms with Crippen LogP contribution in [0.4, 0.5) is 0 Å². The number of rotatable bonds is 5. The molecule has 3 nitrogen and oxygen atoms in total. The Morgan fingerprint density at radius 2 is 2.00 bits per heavy atom. The highest BCUT2D eigenvalue weighted by Crippen LogP contribution is 2.04. The molecular formula is C13H18N2OS. The van der Waals surface area contributed by atoms with Crippen LogP contribution in [-0.2, 0) is 11.2 Å². The van der Waals surface area contributed by atoms with Crippen LogP contribution in [0.25, 0.3) is 0 Å². The highest BCUT2D eigenvalue weighted by Gasteiger charge is 2.14. The van der Waals surface area contributed by atoms with Gasteiger partial charge in [0.25, 0.3) is 0 Å². The van der Waals surface area contributed by atoms with E-state index in [0.29, 0.717) is 18.0 Å². The van der Waals surface area contributed by atoms with Gasteiger partial charge in [0, 0.05) is 19.5 Å². The Labute approximate surface area is 108 Å². The van der Waals surface area contributed by atoms with Crippen molar-refractivity contribution in [1.82, 2.24) is 4.90 Å². The predicted octanol–water partition coefficient (Wildman–Crippen LogP) is 1.61. The van der Waals surface area contributed by atoms with Gasteiger partial charge < -0.3 is 10.6 Å². The van der Waals surface area contributed by atoms with E-state index >= 15 is 0 Å². The summed E-state index contributed by atoms with van der Waals surface area (Å²) in [5.41, 5.74) is 6.55. The molecule has 0 heterocycles. The van der Waals surface area contributed by atoms with Crippen molar-refractivity contribution in [3.63, 3.8) is 0 Å². The summed E-state index contributed by atoms with van der Waals surface area (Å²) in [6.45, 7) is 2.50. The molecule has 1 aromatic carbocycles. The average Bonchev–Trinajstić information content (AvgIpc) is 2.29. The number of nitrogens with zero attached hydrogens (tertiary/aromatic N) is 1. The molecule has 0 aliphatic heterocycles. The first-order chi connectivity index (χ1) is 8.00. The second kappa shape index (κ2) is 6.35. The van der Waals surface area contributed by atoms with Crippen molar-refractivity contribution in [1.29, 1.82) is 0 Å². The minimum Gasteiger partial charge on any atom is -0.393 e. The first-order valence-corrected chi connectivity index (χ1v) is 5.98. The van der Waals surface area contributed by atoms with Gasteiger partial charge in [-0.2, -0.15) is 0 Å². The maximum atomic E-state index is 11.9. The Kier molecular flexibility index (Phi) is 5.10. The third-order valence-corrected chi connectivity index (χ3v) is 3.06. The predicted molar refractivity (Wildman–Crippen MR) is 73.7 cm³/mol. The Balaban J connectivity index is 2.50. The van der Waals surface area contributed by atoms with Crippen molar-refractivity contribution in [2.24, 2.45) is 11.7 Å². The summed E-state index contributed by atoms with van der Waals surface area (Å²) in [6.07, 6.45) is 0.418. The number of hydrogen-bond acceptors (Lipinski definition) is 2. The minimum atomic E-state index is 0.0507. The number of likely N-dealkylation sites (N-methyl/N-ethyl adjacent to an activating group) is 1. The van der Waals surface area contributed by atoms with Crippen LogP contribution < -0.4 is 5.73 Å². The van der Waals surface area contributed by atoms with E-state index in [1.807, 2.05) is 37.3 Å². The second-order valence-electron chi connectivity index (χ2n) is 4.24. The molecule has 0 aliphatic rings. The molecule has 1 unspecified atom stereocenters. The lowest BCUT2D eigenvalue weighted by Gasteiger charge is -2.21. The van der Waals surface area contributed by atoms with Gasteiger partial charge in [0.2, 0.25) is 5.91 Å². The van der Waals surface area contributed by atoms with E-state index in [-0.39, 0.29) is 11.8 Å². The van der Waals surface area contributed by atoms with Gasteiger partial charge in [0.05, 0.1) is 11.4 Å². The molecular weight excluding hydrogens is 232 g/mol. The zero-order chi connectivity index (χ0) is 12.8. The van der Waals surface area contributed by atoms with Crippen molar-refractivity contribution in [2.45, 2.75) is 13.3 Å². The van der Waals surface area contributed by atoms with Gasteiger partial charge >= 0.3 is 0 Å². The van der Waals surface area contributed by atoms with E-state index < -0.39 is 0 Å². The average molecular weight is 250 g/mol. The third kappa shape index (κ3) is 4.53. The number of amides is 1. The van der Waals surface area contributed by atoms with E-state index in [4.69, 9.17) is 18.0 Å². The van der Waals surface area contributed by atoms with E-state index in [9.17, 15) is 4.79 Å². The van der Waals surface area contributed by atoms with Gasteiger partial charge in [-0.3, -0.25) is 4.79 Å². The maximum Gasteiger partial charge on any atom is 0.226 e. The van der Waals surface area contributed by atoms with Crippen molar-refractivity contribution in [2.75, 3.05) is 13.6 Å². The smallest absolute Gasteiger partial charge is 0.226 e. The molecule has 0 spiro atoms. The number of hydrogen-bond donors (Lipinski definition) is 1. The fourth-order valence-corrected chi connectivity index (χ4v) is 1.58. The fraction of sp³-hybridized carbons (Fsp3) is 0.385. The lowest BCUT2D eigenvalue weighted by molar-refractivity contribution is -0.129. The van der Waals surface area contributed by atoms with E-state index in [0.717, 1.165) is 5.56 Å². The normalized spacial score (nSPS) is 11.9. The van der Waals surface area contributed by atoms with Crippen LogP contribution in [0.1, 0.15) is 12.5 Å². The van der Waals surface area contributed by atoms with Gasteiger partial charge in [0.1, 0.15) is 0 Å². The Bertz CT molecular complexity index is 392. The van der Waals surface area contributed by atoms with Crippen LogP contribution in [0, 0.1) is 5.92 Å². The zero-order valence-electron chi connectivity index (χ0n) is 10.2. The zero-order valence-corrected chi connectivity index (χ0v) is 11.0. The van der Waals surface area contributed by atoms with Crippen molar-refractivity contribution >= 4 is 23.1 Å². The largest absolute Gasteiger partial charge is 0.393 e. The summed E-state index contributed by atoms with van der Waals surface area (Å²) < 4.78 is 0. The quantitative estimate of drug-likeness (QED) is 0.808. The second-order valence-corrected chi connectivity index (χ2v) is 4.71. The SMILES string of the molecule is CC(CN(C)C(=O)Cc1ccccc1)C(N)=S. The molecule has 92 valence electrons. The molecule has 0 fully saturated rings. The van der Waals surface area contributed by atoms with Gasteiger partial charge in [-0.05, 0) is 5.56 Å². The van der Waals surface area contributed by atoms with Crippen LogP contribution in [0.3, 0.4) is 0 Å². The molecule has 1 aromatic rings. The summed E-state index contributed by atoms with van der Waals surface area (Å²) in [6, 6.07) is 9.69. The monoisotopic (exact) mass is 250 g/mol. The highest BCUT2D eigenvalue weighted by molar-refractivity contribution is 7.80. The number of nitrogens with two attached hydrogens (primary N) is 1. The lowest BCUT2D eigenvalue weighted by atomic mass is 10.1. The van der Waals surface area contributed by atoms with E-state index in [1.54, 1.807) is 11.9 Å². The number of carbonyl (C=O) groups is 1. The molecule has 0 bridgehead atoms. The molecule has 0 aromatic heterocycles. The fourth-order valence-electron chi connectivity index (χ4n) is 1.51. The number of benzene rings is 1. The van der Waals surface area contributed by atoms with Gasteiger partial charge in [-0.25, -0.2) is 0 Å². The molecule has 1 atom stereocenters. The molecule has 0 radical (unpaired) electrons. The van der Waals surface area contributed by atoms with Crippen molar-refractivity contribution < 1.29 is 4.79 Å². The van der Waals surface area contributed by atoms with Gasteiger partial charge in [-0.1, -0.05) is 49.5 Å². The topological polar surface area (TPSA) is 46.3 Å². The molecule has 1 rings (SSSR count). The summed E-state index contributed by atoms with van der Waals surface area (Å²) in [7, 11) is 1.78. The summed E-state index contributed by atoms with van der Waals surface area (Å²) in [5.74, 6) is 0.133. The molecule has 2 N–H and O–H groups in total. The molecule has 0 aliphatic carbocycles. The number of thiocarbonyl (C=S) groups is 1. The number of carbonyl (C=O) groups excluding carboxylic acids is 1. The van der Waals surface area contributed by atoms with E-state index in [1.165, 1.54) is 0 Å². The van der Waals surface area contributed by atoms with Crippen molar-refractivity contribution in [3.05, 3.63) is 35.9 Å². The van der Waals surface area contributed by atoms with Crippen LogP contribution in [0.2, 0.25) is 0 Å². The molecule has 4 heteroatoms. The molecule has 0 saturated heterocycles. The minimum absolute atomic E-state index is 0.0507. The van der Waals surface area contributed by atoms with Crippen molar-refractivity contribution in [3.8, 4) is 0 Å². The van der Waals surface area contributed by atoms with Gasteiger partial charge in [-0.15, -0.1) is 0 Å². The lowest BCUT2D eigenvalue weighted by Crippen LogP contribution is -2.36. The molecule has 17 heavy (non-hydrogen) atoms. The first kappa shape index (κ1) is 13.6. The van der Waals surface area contributed by atoms with Gasteiger partial charge in [0.15, 0.2) is 0 Å². The maximum absolute atomic E-state index is 11.9. The summed E-state index contributed by atoms with van der Waals surface area (Å²) >= 11 is 4.89. The van der Waals surface area contributed by atoms with Crippen LogP contribution >= 0.6 is 12.2 Å². The Morgan fingerprint density at radius 3 is 2.53 bits per heavy atom. The van der Waals surface area contributed by atoms with Crippen LogP contribution in [-0.4, -0.2) is 29.4 Å². The highest BCUT2D eigenvalue weighted by atomic mass is 32.1. The molecule has 0 saturated carbocycles. The standard InChI is InChI=1S/C13H18N2OS/c1-10(13(14)17)9-15(2)12(16)8-11-6-4-3-5-7-11/h3-7,10H,8-9H2,1-2H3,(H2,14,17). The molecule has 1 amide bonds. The first-order valence-electron chi connectivity index (χ1n) is 5.58. The van der Waals surface area contributed by atoms with Crippen LogP contribution in [0.15, 0.2) is 30.3 Å². The summed E-state index contributed by atoms with van der Waals surface area (Å²) in [5, 5.41) is 0. The Hall–Kier alpha value is -1.42. The van der Waals surface area contributed by atoms with Crippen LogP contribution in [0.5, 0.6) is 0 Å².